The molecule has 1 heterocycles. The van der Waals surface area contributed by atoms with Crippen LogP contribution in [0.25, 0.3) is 10.9 Å². The molecule has 9 heteroatoms. The number of nitrogens with zero attached hydrogens (tertiary/aromatic N) is 3. The third kappa shape index (κ3) is 5.17. The Morgan fingerprint density at radius 2 is 2.07 bits per heavy atom. The van der Waals surface area contributed by atoms with E-state index in [2.05, 4.69) is 48.9 Å². The summed E-state index contributed by atoms with van der Waals surface area (Å²) in [4.78, 5) is 29.3. The average Bonchev–Trinajstić information content (AvgIpc) is 2.68. The smallest absolute Gasteiger partial charge is 0.308 e. The van der Waals surface area contributed by atoms with Crippen LogP contribution in [0.2, 0.25) is 5.02 Å². The van der Waals surface area contributed by atoms with Crippen molar-refractivity contribution < 1.29 is 9.53 Å². The molecule has 0 saturated heterocycles. The summed E-state index contributed by atoms with van der Waals surface area (Å²) in [6, 6.07) is 8.60. The third-order valence-electron chi connectivity index (χ3n) is 4.22. The van der Waals surface area contributed by atoms with Crippen LogP contribution in [0.4, 0.5) is 0 Å². The van der Waals surface area contributed by atoms with Crippen LogP contribution >= 0.6 is 43.5 Å². The summed E-state index contributed by atoms with van der Waals surface area (Å²) in [7, 11) is 0. The number of unbranched alkanes of at least 4 members (excludes halogenated alkanes) is 1. The maximum Gasteiger partial charge on any atom is 0.308 e. The first-order chi connectivity index (χ1) is 14.3. The molecule has 30 heavy (non-hydrogen) atoms. The number of carbonyl (C=O) groups is 1. The highest BCUT2D eigenvalue weighted by molar-refractivity contribution is 9.10. The molecule has 0 bridgehead atoms. The molecule has 2 aromatic carbocycles. The fraction of sp³-hybridized carbons (Fsp3) is 0.238. The van der Waals surface area contributed by atoms with Crippen molar-refractivity contribution in [1.82, 2.24) is 9.66 Å². The first kappa shape index (κ1) is 22.7. The van der Waals surface area contributed by atoms with E-state index in [0.29, 0.717) is 38.2 Å². The lowest BCUT2D eigenvalue weighted by Crippen LogP contribution is -2.22. The molecule has 3 aromatic rings. The van der Waals surface area contributed by atoms with Crippen LogP contribution in [-0.2, 0) is 11.2 Å². The molecule has 0 amide bonds. The predicted molar refractivity (Wildman–Crippen MR) is 126 cm³/mol. The second-order valence-electron chi connectivity index (χ2n) is 6.55. The Morgan fingerprint density at radius 3 is 2.77 bits per heavy atom. The highest BCUT2D eigenvalue weighted by Gasteiger charge is 2.14. The van der Waals surface area contributed by atoms with E-state index in [9.17, 15) is 9.59 Å². The first-order valence-electron chi connectivity index (χ1n) is 9.23. The topological polar surface area (TPSA) is 73.6 Å². The Hall–Kier alpha value is -2.03. The van der Waals surface area contributed by atoms with Gasteiger partial charge in [0.05, 0.1) is 21.6 Å². The number of rotatable bonds is 6. The lowest BCUT2D eigenvalue weighted by Gasteiger charge is -2.11. The van der Waals surface area contributed by atoms with Crippen molar-refractivity contribution in [3.05, 3.63) is 66.0 Å². The van der Waals surface area contributed by atoms with Crippen LogP contribution in [0.3, 0.4) is 0 Å². The Bertz CT molecular complexity index is 1210. The molecule has 0 radical (unpaired) electrons. The van der Waals surface area contributed by atoms with Gasteiger partial charge in [-0.05, 0) is 52.7 Å². The van der Waals surface area contributed by atoms with E-state index in [4.69, 9.17) is 16.3 Å². The zero-order chi connectivity index (χ0) is 21.8. The van der Waals surface area contributed by atoms with Crippen molar-refractivity contribution >= 4 is 66.5 Å². The highest BCUT2D eigenvalue weighted by Crippen LogP contribution is 2.32. The quantitative estimate of drug-likeness (QED) is 0.221. The number of halogens is 3. The van der Waals surface area contributed by atoms with Crippen molar-refractivity contribution in [2.24, 2.45) is 5.10 Å². The van der Waals surface area contributed by atoms with Gasteiger partial charge in [-0.3, -0.25) is 9.59 Å². The predicted octanol–water partition coefficient (Wildman–Crippen LogP) is 5.73. The summed E-state index contributed by atoms with van der Waals surface area (Å²) >= 11 is 12.9. The molecular weight excluding hydrogens is 538 g/mol. The van der Waals surface area contributed by atoms with Gasteiger partial charge in [0.1, 0.15) is 5.82 Å². The molecule has 3 rings (SSSR count). The molecule has 0 fully saturated rings. The Labute approximate surface area is 195 Å². The van der Waals surface area contributed by atoms with Crippen LogP contribution in [0.1, 0.15) is 38.1 Å². The SMILES string of the molecule is CCCCc1nc2ccc(Br)cc2c(=O)n1N=Cc1cc(Cl)cc(Br)c1OC(C)=O. The van der Waals surface area contributed by atoms with Crippen LogP contribution in [0, 0.1) is 0 Å². The standard InChI is InChI=1S/C21H18Br2ClN3O3/c1-3-4-5-19-26-18-7-6-14(22)9-16(18)21(29)27(19)25-11-13-8-15(24)10-17(23)20(13)30-12(2)28/h6-11H,3-5H2,1-2H3. The molecule has 0 unspecified atom stereocenters. The minimum atomic E-state index is -0.481. The summed E-state index contributed by atoms with van der Waals surface area (Å²) in [5.41, 5.74) is 0.790. The molecule has 0 saturated carbocycles. The third-order valence-corrected chi connectivity index (χ3v) is 5.53. The monoisotopic (exact) mass is 553 g/mol. The van der Waals surface area contributed by atoms with Crippen molar-refractivity contribution in [3.63, 3.8) is 0 Å². The van der Waals surface area contributed by atoms with E-state index < -0.39 is 5.97 Å². The van der Waals surface area contributed by atoms with E-state index >= 15 is 0 Å². The van der Waals surface area contributed by atoms with Crippen LogP contribution in [0.15, 0.2) is 49.2 Å². The van der Waals surface area contributed by atoms with E-state index in [0.717, 1.165) is 17.3 Å². The lowest BCUT2D eigenvalue weighted by atomic mass is 10.2. The number of aryl methyl sites for hydroxylation is 1. The minimum Gasteiger partial charge on any atom is -0.425 e. The normalized spacial score (nSPS) is 11.4. The molecule has 0 aliphatic rings. The van der Waals surface area contributed by atoms with E-state index in [1.54, 1.807) is 24.3 Å². The number of fused-ring (bicyclic) bond motifs is 1. The molecule has 6 nitrogen and oxygen atoms in total. The molecule has 0 aliphatic heterocycles. The molecule has 1 aromatic heterocycles. The molecule has 0 spiro atoms. The fourth-order valence-electron chi connectivity index (χ4n) is 2.86. The van der Waals surface area contributed by atoms with Gasteiger partial charge in [-0.15, -0.1) is 0 Å². The second kappa shape index (κ2) is 9.85. The first-order valence-corrected chi connectivity index (χ1v) is 11.2. The van der Waals surface area contributed by atoms with Crippen LogP contribution in [0.5, 0.6) is 5.75 Å². The molecule has 156 valence electrons. The summed E-state index contributed by atoms with van der Waals surface area (Å²) in [5.74, 6) is 0.351. The Balaban J connectivity index is 2.17. The number of benzene rings is 2. The minimum absolute atomic E-state index is 0.273. The zero-order valence-electron chi connectivity index (χ0n) is 16.3. The summed E-state index contributed by atoms with van der Waals surface area (Å²) in [5, 5.41) is 5.27. The van der Waals surface area contributed by atoms with Gasteiger partial charge >= 0.3 is 5.97 Å². The van der Waals surface area contributed by atoms with Gasteiger partial charge in [0.15, 0.2) is 5.75 Å². The number of hydrogen-bond donors (Lipinski definition) is 0. The molecule has 0 aliphatic carbocycles. The number of aromatic nitrogens is 2. The second-order valence-corrected chi connectivity index (χ2v) is 8.76. The molecular formula is C21H18Br2ClN3O3. The van der Waals surface area contributed by atoms with Crippen molar-refractivity contribution in [2.45, 2.75) is 33.1 Å². The number of esters is 1. The molecule has 0 atom stereocenters. The zero-order valence-corrected chi connectivity index (χ0v) is 20.2. The fourth-order valence-corrected chi connectivity index (χ4v) is 4.13. The number of ether oxygens (including phenoxy) is 1. The van der Waals surface area contributed by atoms with Crippen LogP contribution in [-0.4, -0.2) is 21.8 Å². The van der Waals surface area contributed by atoms with Crippen molar-refractivity contribution in [3.8, 4) is 5.75 Å². The van der Waals surface area contributed by atoms with Gasteiger partial charge in [-0.2, -0.15) is 9.78 Å². The summed E-state index contributed by atoms with van der Waals surface area (Å²) in [6.45, 7) is 3.37. The summed E-state index contributed by atoms with van der Waals surface area (Å²) in [6.07, 6.45) is 3.86. The molecule has 0 N–H and O–H groups in total. The Kier molecular flexibility index (Phi) is 7.44. The number of carbonyl (C=O) groups excluding carboxylic acids is 1. The van der Waals surface area contributed by atoms with Gasteiger partial charge in [0.2, 0.25) is 0 Å². The van der Waals surface area contributed by atoms with Crippen molar-refractivity contribution in [1.29, 1.82) is 0 Å². The van der Waals surface area contributed by atoms with Gasteiger partial charge in [0.25, 0.3) is 5.56 Å². The van der Waals surface area contributed by atoms with E-state index in [-0.39, 0.29) is 11.3 Å². The van der Waals surface area contributed by atoms with Gasteiger partial charge in [0, 0.05) is 28.4 Å². The van der Waals surface area contributed by atoms with E-state index in [1.165, 1.54) is 17.8 Å². The Morgan fingerprint density at radius 1 is 1.30 bits per heavy atom. The van der Waals surface area contributed by atoms with Gasteiger partial charge in [-0.25, -0.2) is 4.98 Å². The number of hydrogen-bond acceptors (Lipinski definition) is 5. The van der Waals surface area contributed by atoms with Crippen molar-refractivity contribution in [2.75, 3.05) is 0 Å². The van der Waals surface area contributed by atoms with Gasteiger partial charge < -0.3 is 4.74 Å². The maximum atomic E-state index is 13.2. The lowest BCUT2D eigenvalue weighted by molar-refractivity contribution is -0.131. The van der Waals surface area contributed by atoms with Crippen LogP contribution < -0.4 is 10.3 Å². The summed E-state index contributed by atoms with van der Waals surface area (Å²) < 4.78 is 7.86. The van der Waals surface area contributed by atoms with E-state index in [1.807, 2.05) is 6.07 Å². The maximum absolute atomic E-state index is 13.2. The van der Waals surface area contributed by atoms with Gasteiger partial charge in [-0.1, -0.05) is 40.9 Å². The highest BCUT2D eigenvalue weighted by atomic mass is 79.9. The average molecular weight is 556 g/mol. The largest absolute Gasteiger partial charge is 0.425 e.